The molecule has 6 heteroatoms. The van der Waals surface area contributed by atoms with Gasteiger partial charge in [-0.05, 0) is 11.6 Å². The fraction of sp³-hybridized carbons (Fsp3) is 0.417. The Hall–Kier alpha value is -1.72. The predicted molar refractivity (Wildman–Crippen MR) is 60.2 cm³/mol. The molecule has 0 unspecified atom stereocenters. The number of nitrogens with one attached hydrogen (secondary N) is 2. The van der Waals surface area contributed by atoms with Gasteiger partial charge < -0.3 is 10.6 Å². The van der Waals surface area contributed by atoms with Crippen molar-refractivity contribution in [3.05, 3.63) is 35.4 Å². The molecule has 1 heterocycles. The quantitative estimate of drug-likeness (QED) is 0.797. The Labute approximate surface area is 102 Å². The van der Waals surface area contributed by atoms with E-state index in [0.29, 0.717) is 0 Å². The van der Waals surface area contributed by atoms with E-state index in [1.54, 1.807) is 13.0 Å². The molecule has 0 aromatic heterocycles. The van der Waals surface area contributed by atoms with E-state index < -0.39 is 17.2 Å². The average Bonchev–Trinajstić information content (AvgIpc) is 2.32. The van der Waals surface area contributed by atoms with Crippen LogP contribution in [0, 0.1) is 0 Å². The zero-order valence-electron chi connectivity index (χ0n) is 9.77. The van der Waals surface area contributed by atoms with Crippen molar-refractivity contribution in [1.82, 2.24) is 10.6 Å². The van der Waals surface area contributed by atoms with E-state index in [1.807, 2.05) is 0 Å². The van der Waals surface area contributed by atoms with Crippen molar-refractivity contribution in [2.75, 3.05) is 13.1 Å². The van der Waals surface area contributed by atoms with Gasteiger partial charge in [0, 0.05) is 18.5 Å². The minimum atomic E-state index is -4.39. The molecule has 2 amide bonds. The lowest BCUT2D eigenvalue weighted by atomic mass is 9.78. The van der Waals surface area contributed by atoms with Crippen molar-refractivity contribution in [3.8, 4) is 0 Å². The van der Waals surface area contributed by atoms with E-state index in [4.69, 9.17) is 0 Å². The van der Waals surface area contributed by atoms with Gasteiger partial charge in [-0.3, -0.25) is 0 Å². The standard InChI is InChI=1S/C12H13F3N2O/c1-11(6-16-10(18)17-7-11)8-4-2-3-5-9(8)12(13,14)15/h2-5H,6-7H2,1H3,(H2,16,17,18). The Morgan fingerprint density at radius 1 is 1.17 bits per heavy atom. The van der Waals surface area contributed by atoms with E-state index in [-0.39, 0.29) is 24.7 Å². The first-order chi connectivity index (χ1) is 8.33. The molecule has 0 spiro atoms. The number of halogens is 3. The van der Waals surface area contributed by atoms with Crippen molar-refractivity contribution in [2.45, 2.75) is 18.5 Å². The fourth-order valence-corrected chi connectivity index (χ4v) is 2.12. The summed E-state index contributed by atoms with van der Waals surface area (Å²) in [4.78, 5) is 11.0. The summed E-state index contributed by atoms with van der Waals surface area (Å²) >= 11 is 0. The molecule has 98 valence electrons. The summed E-state index contributed by atoms with van der Waals surface area (Å²) in [5.74, 6) is 0. The highest BCUT2D eigenvalue weighted by atomic mass is 19.4. The van der Waals surface area contributed by atoms with Gasteiger partial charge in [0.15, 0.2) is 0 Å². The molecule has 1 saturated heterocycles. The smallest absolute Gasteiger partial charge is 0.337 e. The van der Waals surface area contributed by atoms with Gasteiger partial charge in [0.25, 0.3) is 0 Å². The maximum atomic E-state index is 12.9. The normalized spacial score (nSPS) is 19.0. The van der Waals surface area contributed by atoms with Gasteiger partial charge in [0.2, 0.25) is 0 Å². The Balaban J connectivity index is 2.42. The van der Waals surface area contributed by atoms with Gasteiger partial charge in [-0.1, -0.05) is 25.1 Å². The van der Waals surface area contributed by atoms with Gasteiger partial charge in [0.05, 0.1) is 5.56 Å². The summed E-state index contributed by atoms with van der Waals surface area (Å²) in [5.41, 5.74) is -1.21. The number of benzene rings is 1. The highest BCUT2D eigenvalue weighted by molar-refractivity contribution is 5.75. The van der Waals surface area contributed by atoms with E-state index in [9.17, 15) is 18.0 Å². The maximum absolute atomic E-state index is 12.9. The van der Waals surface area contributed by atoms with Gasteiger partial charge >= 0.3 is 12.2 Å². The lowest BCUT2D eigenvalue weighted by Crippen LogP contribution is -2.56. The Morgan fingerprint density at radius 2 is 1.72 bits per heavy atom. The van der Waals surface area contributed by atoms with Crippen LogP contribution >= 0.6 is 0 Å². The van der Waals surface area contributed by atoms with Gasteiger partial charge in [0.1, 0.15) is 0 Å². The van der Waals surface area contributed by atoms with Crippen LogP contribution < -0.4 is 10.6 Å². The molecule has 1 fully saturated rings. The first kappa shape index (κ1) is 12.7. The van der Waals surface area contributed by atoms with Crippen LogP contribution in [0.5, 0.6) is 0 Å². The number of hydrogen-bond acceptors (Lipinski definition) is 1. The molecule has 1 aromatic carbocycles. The number of carbonyl (C=O) groups excluding carboxylic acids is 1. The zero-order valence-corrected chi connectivity index (χ0v) is 9.77. The molecule has 2 N–H and O–H groups in total. The van der Waals surface area contributed by atoms with Gasteiger partial charge in [-0.15, -0.1) is 0 Å². The largest absolute Gasteiger partial charge is 0.416 e. The summed E-state index contributed by atoms with van der Waals surface area (Å²) in [5, 5.41) is 5.06. The van der Waals surface area contributed by atoms with Crippen LogP contribution in [-0.2, 0) is 11.6 Å². The molecule has 0 atom stereocenters. The van der Waals surface area contributed by atoms with Crippen LogP contribution in [0.2, 0.25) is 0 Å². The van der Waals surface area contributed by atoms with Crippen LogP contribution in [0.3, 0.4) is 0 Å². The molecule has 18 heavy (non-hydrogen) atoms. The second kappa shape index (κ2) is 4.19. The van der Waals surface area contributed by atoms with Crippen molar-refractivity contribution >= 4 is 6.03 Å². The summed E-state index contributed by atoms with van der Waals surface area (Å²) in [6.45, 7) is 2.07. The number of alkyl halides is 3. The minimum absolute atomic E-state index is 0.186. The third kappa shape index (κ3) is 2.27. The van der Waals surface area contributed by atoms with Crippen molar-refractivity contribution < 1.29 is 18.0 Å². The van der Waals surface area contributed by atoms with E-state index >= 15 is 0 Å². The summed E-state index contributed by atoms with van der Waals surface area (Å²) < 4.78 is 38.8. The van der Waals surface area contributed by atoms with Crippen molar-refractivity contribution in [2.24, 2.45) is 0 Å². The molecule has 1 aromatic rings. The summed E-state index contributed by atoms with van der Waals surface area (Å²) in [6.07, 6.45) is -4.39. The Bertz CT molecular complexity index is 461. The lowest BCUT2D eigenvalue weighted by Gasteiger charge is -2.36. The van der Waals surface area contributed by atoms with Gasteiger partial charge in [-0.25, -0.2) is 4.79 Å². The molecule has 0 radical (unpaired) electrons. The molecule has 3 nitrogen and oxygen atoms in total. The van der Waals surface area contributed by atoms with Crippen LogP contribution in [0.4, 0.5) is 18.0 Å². The summed E-state index contributed by atoms with van der Waals surface area (Å²) in [7, 11) is 0. The van der Waals surface area contributed by atoms with E-state index in [1.165, 1.54) is 12.1 Å². The monoisotopic (exact) mass is 258 g/mol. The molecular formula is C12H13F3N2O. The topological polar surface area (TPSA) is 41.1 Å². The van der Waals surface area contributed by atoms with Crippen LogP contribution in [0.1, 0.15) is 18.1 Å². The predicted octanol–water partition coefficient (Wildman–Crippen LogP) is 2.28. The average molecular weight is 258 g/mol. The van der Waals surface area contributed by atoms with Crippen LogP contribution in [-0.4, -0.2) is 19.1 Å². The lowest BCUT2D eigenvalue weighted by molar-refractivity contribution is -0.138. The summed E-state index contributed by atoms with van der Waals surface area (Å²) in [6, 6.07) is 5.12. The number of carbonyl (C=O) groups is 1. The number of hydrogen-bond donors (Lipinski definition) is 2. The molecule has 1 aliphatic rings. The second-order valence-corrected chi connectivity index (χ2v) is 4.64. The van der Waals surface area contributed by atoms with E-state index in [0.717, 1.165) is 6.07 Å². The van der Waals surface area contributed by atoms with Crippen molar-refractivity contribution in [1.29, 1.82) is 0 Å². The third-order valence-corrected chi connectivity index (χ3v) is 3.16. The Morgan fingerprint density at radius 3 is 2.28 bits per heavy atom. The Kier molecular flexibility index (Phi) is 2.96. The number of amides is 2. The SMILES string of the molecule is CC1(c2ccccc2C(F)(F)F)CNC(=O)NC1. The number of urea groups is 1. The second-order valence-electron chi connectivity index (χ2n) is 4.64. The molecular weight excluding hydrogens is 245 g/mol. The third-order valence-electron chi connectivity index (χ3n) is 3.16. The minimum Gasteiger partial charge on any atom is -0.337 e. The highest BCUT2D eigenvalue weighted by Crippen LogP contribution is 2.37. The van der Waals surface area contributed by atoms with Crippen LogP contribution in [0.15, 0.2) is 24.3 Å². The molecule has 0 bridgehead atoms. The molecule has 1 aliphatic heterocycles. The van der Waals surface area contributed by atoms with E-state index in [2.05, 4.69) is 10.6 Å². The first-order valence-electron chi connectivity index (χ1n) is 5.51. The van der Waals surface area contributed by atoms with Gasteiger partial charge in [-0.2, -0.15) is 13.2 Å². The molecule has 2 rings (SSSR count). The fourth-order valence-electron chi connectivity index (χ4n) is 2.12. The molecule has 0 saturated carbocycles. The van der Waals surface area contributed by atoms with Crippen LogP contribution in [0.25, 0.3) is 0 Å². The maximum Gasteiger partial charge on any atom is 0.416 e. The number of rotatable bonds is 1. The van der Waals surface area contributed by atoms with Crippen molar-refractivity contribution in [3.63, 3.8) is 0 Å². The highest BCUT2D eigenvalue weighted by Gasteiger charge is 2.40. The zero-order chi connectivity index (χ0) is 13.4. The molecule has 0 aliphatic carbocycles. The first-order valence-corrected chi connectivity index (χ1v) is 5.51.